The number of carbonyl (C=O) groups excluding carboxylic acids is 1. The van der Waals surface area contributed by atoms with E-state index in [9.17, 15) is 9.59 Å². The summed E-state index contributed by atoms with van der Waals surface area (Å²) in [6, 6.07) is 8.65. The second-order valence-electron chi connectivity index (χ2n) is 8.07. The quantitative estimate of drug-likeness (QED) is 0.647. The van der Waals surface area contributed by atoms with Gasteiger partial charge in [-0.3, -0.25) is 14.3 Å². The number of piperidine rings is 1. The lowest BCUT2D eigenvalue weighted by atomic mass is 10.0. The summed E-state index contributed by atoms with van der Waals surface area (Å²) in [5.41, 5.74) is 2.45. The van der Waals surface area contributed by atoms with Crippen LogP contribution in [-0.2, 0) is 11.3 Å². The Hall–Kier alpha value is -3.16. The van der Waals surface area contributed by atoms with Gasteiger partial charge in [0.15, 0.2) is 5.76 Å². The number of rotatable bonds is 5. The van der Waals surface area contributed by atoms with Crippen molar-refractivity contribution in [2.75, 3.05) is 13.1 Å². The van der Waals surface area contributed by atoms with Crippen LogP contribution in [0.5, 0.6) is 0 Å². The van der Waals surface area contributed by atoms with Crippen molar-refractivity contribution in [1.82, 2.24) is 24.5 Å². The summed E-state index contributed by atoms with van der Waals surface area (Å²) in [5.74, 6) is 0.509. The Morgan fingerprint density at radius 1 is 1.27 bits per heavy atom. The third kappa shape index (κ3) is 4.08. The van der Waals surface area contributed by atoms with Gasteiger partial charge >= 0.3 is 0 Å². The molecule has 1 fully saturated rings. The zero-order chi connectivity index (χ0) is 21.3. The van der Waals surface area contributed by atoms with Crippen LogP contribution in [0.1, 0.15) is 37.2 Å². The van der Waals surface area contributed by atoms with Gasteiger partial charge in [0.2, 0.25) is 5.91 Å². The fraction of sp³-hybridized carbons (Fsp3) is 0.455. The lowest BCUT2D eigenvalue weighted by Crippen LogP contribution is -2.45. The summed E-state index contributed by atoms with van der Waals surface area (Å²) in [6.07, 6.45) is 3.23. The molecule has 8 heteroatoms. The van der Waals surface area contributed by atoms with Gasteiger partial charge in [-0.15, -0.1) is 0 Å². The molecule has 1 amide bonds. The second kappa shape index (κ2) is 8.30. The molecule has 0 saturated carbocycles. The van der Waals surface area contributed by atoms with E-state index in [1.165, 1.54) is 10.7 Å². The first-order chi connectivity index (χ1) is 14.4. The maximum atomic E-state index is 13.1. The van der Waals surface area contributed by atoms with Gasteiger partial charge in [0.25, 0.3) is 5.56 Å². The number of nitrogens with zero attached hydrogens (tertiary/aromatic N) is 5. The normalized spacial score (nSPS) is 17.8. The Labute approximate surface area is 175 Å². The van der Waals surface area contributed by atoms with E-state index in [0.29, 0.717) is 31.1 Å². The van der Waals surface area contributed by atoms with E-state index in [2.05, 4.69) is 10.2 Å². The number of hydrogen-bond donors (Lipinski definition) is 0. The van der Waals surface area contributed by atoms with Crippen molar-refractivity contribution in [2.45, 2.75) is 46.2 Å². The van der Waals surface area contributed by atoms with Crippen LogP contribution in [-0.4, -0.2) is 43.5 Å². The first kappa shape index (κ1) is 20.1. The Morgan fingerprint density at radius 3 is 2.80 bits per heavy atom. The van der Waals surface area contributed by atoms with Crippen molar-refractivity contribution in [1.29, 1.82) is 0 Å². The van der Waals surface area contributed by atoms with Gasteiger partial charge in [-0.25, -0.2) is 4.68 Å². The highest BCUT2D eigenvalue weighted by Crippen LogP contribution is 2.23. The van der Waals surface area contributed by atoms with Gasteiger partial charge < -0.3 is 9.32 Å². The summed E-state index contributed by atoms with van der Waals surface area (Å²) in [4.78, 5) is 27.4. The zero-order valence-corrected chi connectivity index (χ0v) is 17.6. The molecule has 0 spiro atoms. The molecule has 1 saturated heterocycles. The minimum Gasteiger partial charge on any atom is -0.463 e. The number of hydrogen-bond acceptors (Lipinski definition) is 5. The van der Waals surface area contributed by atoms with Crippen LogP contribution < -0.4 is 5.56 Å². The predicted molar refractivity (Wildman–Crippen MR) is 112 cm³/mol. The molecule has 4 rings (SSSR count). The van der Waals surface area contributed by atoms with Crippen molar-refractivity contribution in [2.24, 2.45) is 5.92 Å². The third-order valence-electron chi connectivity index (χ3n) is 5.62. The van der Waals surface area contributed by atoms with Crippen molar-refractivity contribution >= 4 is 5.91 Å². The molecule has 1 aliphatic heterocycles. The summed E-state index contributed by atoms with van der Waals surface area (Å²) >= 11 is 0. The molecule has 2 atom stereocenters. The van der Waals surface area contributed by atoms with Crippen LogP contribution in [0.2, 0.25) is 0 Å². The Morgan fingerprint density at radius 2 is 2.10 bits per heavy atom. The Kier molecular flexibility index (Phi) is 5.57. The molecule has 3 aromatic heterocycles. The fourth-order valence-electron chi connectivity index (χ4n) is 4.11. The van der Waals surface area contributed by atoms with Gasteiger partial charge in [0, 0.05) is 24.8 Å². The maximum absolute atomic E-state index is 13.1. The number of furan rings is 1. The fourth-order valence-corrected chi connectivity index (χ4v) is 4.11. The molecule has 8 nitrogen and oxygen atoms in total. The number of aryl methyl sites for hydroxylation is 2. The number of aromatic nitrogens is 4. The van der Waals surface area contributed by atoms with Crippen LogP contribution in [0.3, 0.4) is 0 Å². The molecule has 0 radical (unpaired) electrons. The molecule has 30 heavy (non-hydrogen) atoms. The second-order valence-corrected chi connectivity index (χ2v) is 8.07. The molecule has 158 valence electrons. The molecule has 0 bridgehead atoms. The Balaban J connectivity index is 1.49. The first-order valence-corrected chi connectivity index (χ1v) is 10.4. The van der Waals surface area contributed by atoms with E-state index >= 15 is 0 Å². The lowest BCUT2D eigenvalue weighted by Gasteiger charge is -2.34. The van der Waals surface area contributed by atoms with Gasteiger partial charge in [-0.1, -0.05) is 6.92 Å². The van der Waals surface area contributed by atoms with E-state index in [1.54, 1.807) is 18.4 Å². The molecule has 1 aliphatic rings. The highest BCUT2D eigenvalue weighted by molar-refractivity contribution is 5.78. The minimum atomic E-state index is -0.194. The molecule has 0 N–H and O–H groups in total. The minimum absolute atomic E-state index is 0.0856. The largest absolute Gasteiger partial charge is 0.463 e. The first-order valence-electron chi connectivity index (χ1n) is 10.4. The molecular weight excluding hydrogens is 382 g/mol. The van der Waals surface area contributed by atoms with E-state index in [0.717, 1.165) is 24.2 Å². The van der Waals surface area contributed by atoms with Crippen molar-refractivity contribution < 1.29 is 9.21 Å². The van der Waals surface area contributed by atoms with Crippen LogP contribution in [0.4, 0.5) is 0 Å². The lowest BCUT2D eigenvalue weighted by molar-refractivity contribution is -0.137. The van der Waals surface area contributed by atoms with E-state index in [-0.39, 0.29) is 23.4 Å². The number of amides is 1. The van der Waals surface area contributed by atoms with Gasteiger partial charge in [-0.05, 0) is 51.0 Å². The van der Waals surface area contributed by atoms with Crippen molar-refractivity contribution in [3.63, 3.8) is 0 Å². The van der Waals surface area contributed by atoms with Crippen LogP contribution >= 0.6 is 0 Å². The topological polar surface area (TPSA) is 86.2 Å². The summed E-state index contributed by atoms with van der Waals surface area (Å²) < 4.78 is 8.80. The SMILES string of the molecule is Cc1cc(C)n(C[C@@H](C)C(=O)N2CCC[C@@H](n3nc(-c4ccco4)ccc3=O)C2)n1. The van der Waals surface area contributed by atoms with E-state index in [1.807, 2.05) is 42.5 Å². The Bertz CT molecular complexity index is 1080. The van der Waals surface area contributed by atoms with E-state index < -0.39 is 0 Å². The highest BCUT2D eigenvalue weighted by Gasteiger charge is 2.29. The van der Waals surface area contributed by atoms with Gasteiger partial charge in [0.1, 0.15) is 5.69 Å². The molecule has 0 aliphatic carbocycles. The van der Waals surface area contributed by atoms with Crippen LogP contribution in [0, 0.1) is 19.8 Å². The smallest absolute Gasteiger partial charge is 0.267 e. The predicted octanol–water partition coefficient (Wildman–Crippen LogP) is 2.82. The average Bonchev–Trinajstić information content (AvgIpc) is 3.38. The molecule has 3 aromatic rings. The summed E-state index contributed by atoms with van der Waals surface area (Å²) in [7, 11) is 0. The monoisotopic (exact) mass is 409 g/mol. The standard InChI is InChI=1S/C22H27N5O3/c1-15(13-26-17(3)12-16(2)23-26)22(29)25-10-4-6-18(14-25)27-21(28)9-8-19(24-27)20-7-5-11-30-20/h5,7-9,11-12,15,18H,4,6,10,13-14H2,1-3H3/t15-,18-/m1/s1. The van der Waals surface area contributed by atoms with E-state index in [4.69, 9.17) is 4.42 Å². The molecule has 0 unspecified atom stereocenters. The molecular formula is C22H27N5O3. The van der Waals surface area contributed by atoms with Crippen molar-refractivity contribution in [3.05, 3.63) is 58.3 Å². The molecule has 0 aromatic carbocycles. The summed E-state index contributed by atoms with van der Waals surface area (Å²) in [5, 5.41) is 8.99. The zero-order valence-electron chi connectivity index (χ0n) is 17.6. The number of carbonyl (C=O) groups is 1. The van der Waals surface area contributed by atoms with Crippen molar-refractivity contribution in [3.8, 4) is 11.5 Å². The third-order valence-corrected chi connectivity index (χ3v) is 5.62. The van der Waals surface area contributed by atoms with Gasteiger partial charge in [0.05, 0.1) is 30.5 Å². The summed E-state index contributed by atoms with van der Waals surface area (Å²) in [6.45, 7) is 7.61. The highest BCUT2D eigenvalue weighted by atomic mass is 16.3. The van der Waals surface area contributed by atoms with Crippen LogP contribution in [0.15, 0.2) is 45.8 Å². The maximum Gasteiger partial charge on any atom is 0.267 e. The number of likely N-dealkylation sites (tertiary alicyclic amines) is 1. The average molecular weight is 409 g/mol. The van der Waals surface area contributed by atoms with Gasteiger partial charge in [-0.2, -0.15) is 10.2 Å². The molecule has 4 heterocycles. The van der Waals surface area contributed by atoms with Crippen LogP contribution in [0.25, 0.3) is 11.5 Å².